The van der Waals surface area contributed by atoms with E-state index in [9.17, 15) is 19.5 Å². The summed E-state index contributed by atoms with van der Waals surface area (Å²) < 4.78 is 10.8. The summed E-state index contributed by atoms with van der Waals surface area (Å²) in [4.78, 5) is 45.4. The number of aliphatic hydroxyl groups is 1. The van der Waals surface area contributed by atoms with Crippen molar-refractivity contribution in [1.82, 2.24) is 4.98 Å². The molecule has 4 rings (SSSR count). The number of hydrogen-bond acceptors (Lipinski definition) is 8. The van der Waals surface area contributed by atoms with Crippen molar-refractivity contribution < 1.29 is 29.0 Å². The number of Topliss-reactive ketones (excluding diaryl/α,β-unsaturated/α-hetero) is 1. The van der Waals surface area contributed by atoms with Gasteiger partial charge >= 0.3 is 11.9 Å². The van der Waals surface area contributed by atoms with Gasteiger partial charge in [-0.25, -0.2) is 9.78 Å². The molecular weight excluding hydrogens is 516 g/mol. The molecule has 202 valence electrons. The van der Waals surface area contributed by atoms with Crippen molar-refractivity contribution in [3.05, 3.63) is 93.5 Å². The van der Waals surface area contributed by atoms with Gasteiger partial charge in [0.1, 0.15) is 23.0 Å². The van der Waals surface area contributed by atoms with Crippen molar-refractivity contribution in [2.45, 2.75) is 40.2 Å². The molecule has 1 amide bonds. The molecule has 1 aliphatic heterocycles. The highest BCUT2D eigenvalue weighted by Gasteiger charge is 2.48. The van der Waals surface area contributed by atoms with Gasteiger partial charge in [0, 0.05) is 5.56 Å². The monoisotopic (exact) mass is 546 g/mol. The number of carbonyl (C=O) groups is 3. The van der Waals surface area contributed by atoms with Crippen LogP contribution in [0.4, 0.5) is 5.13 Å². The van der Waals surface area contributed by atoms with Gasteiger partial charge in [-0.15, -0.1) is 0 Å². The van der Waals surface area contributed by atoms with Gasteiger partial charge in [0.15, 0.2) is 5.13 Å². The van der Waals surface area contributed by atoms with Gasteiger partial charge in [0.2, 0.25) is 0 Å². The number of carbonyl (C=O) groups excluding carboxylic acids is 3. The molecule has 8 nitrogen and oxygen atoms in total. The molecule has 1 aliphatic rings. The van der Waals surface area contributed by atoms with Crippen LogP contribution in [0.2, 0.25) is 0 Å². The summed E-state index contributed by atoms with van der Waals surface area (Å²) >= 11 is 0.957. The Kier molecular flexibility index (Phi) is 8.30. The molecule has 1 unspecified atom stereocenters. The highest BCUT2D eigenvalue weighted by molar-refractivity contribution is 7.17. The molecule has 0 aliphatic carbocycles. The number of amides is 1. The van der Waals surface area contributed by atoms with Crippen LogP contribution < -0.4 is 9.64 Å². The van der Waals surface area contributed by atoms with Crippen molar-refractivity contribution in [2.24, 2.45) is 0 Å². The molecule has 1 atom stereocenters. The van der Waals surface area contributed by atoms with Gasteiger partial charge in [-0.1, -0.05) is 60.7 Å². The number of ether oxygens (including phenoxy) is 2. The number of anilines is 1. The lowest BCUT2D eigenvalue weighted by Gasteiger charge is -2.23. The van der Waals surface area contributed by atoms with E-state index in [1.807, 2.05) is 26.0 Å². The van der Waals surface area contributed by atoms with Crippen molar-refractivity contribution in [2.75, 3.05) is 18.1 Å². The summed E-state index contributed by atoms with van der Waals surface area (Å²) in [6, 6.07) is 11.6. The number of thiazole rings is 1. The zero-order valence-electron chi connectivity index (χ0n) is 22.3. The fourth-order valence-electron chi connectivity index (χ4n) is 4.33. The van der Waals surface area contributed by atoms with E-state index < -0.39 is 23.7 Å². The Hall–Kier alpha value is -4.24. The molecule has 3 aromatic rings. The Balaban J connectivity index is 1.85. The average Bonchev–Trinajstić information content (AvgIpc) is 3.42. The SMILES string of the molecule is C=CCOC(=O)c1sc(N2C(=O)C(=O)C(=C(O)c3ccc(OCCC)cc3C)C2c2ccc(C)cc2)nc1C. The lowest BCUT2D eigenvalue weighted by molar-refractivity contribution is -0.132. The predicted molar refractivity (Wildman–Crippen MR) is 150 cm³/mol. The highest BCUT2D eigenvalue weighted by Crippen LogP contribution is 2.44. The van der Waals surface area contributed by atoms with Gasteiger partial charge in [-0.2, -0.15) is 0 Å². The highest BCUT2D eigenvalue weighted by atomic mass is 32.1. The van der Waals surface area contributed by atoms with Crippen LogP contribution in [-0.4, -0.2) is 41.0 Å². The quantitative estimate of drug-likeness (QED) is 0.118. The minimum absolute atomic E-state index is 0.0288. The second-order valence-corrected chi connectivity index (χ2v) is 10.2. The summed E-state index contributed by atoms with van der Waals surface area (Å²) in [6.45, 7) is 11.5. The lowest BCUT2D eigenvalue weighted by atomic mass is 9.93. The van der Waals surface area contributed by atoms with E-state index in [4.69, 9.17) is 9.47 Å². The molecule has 2 aromatic carbocycles. The van der Waals surface area contributed by atoms with E-state index >= 15 is 0 Å². The number of aliphatic hydroxyl groups excluding tert-OH is 1. The topological polar surface area (TPSA) is 106 Å². The van der Waals surface area contributed by atoms with Crippen LogP contribution in [-0.2, 0) is 14.3 Å². The third-order valence-electron chi connectivity index (χ3n) is 6.27. The summed E-state index contributed by atoms with van der Waals surface area (Å²) in [5, 5.41) is 11.6. The van der Waals surface area contributed by atoms with Gasteiger partial charge in [-0.3, -0.25) is 14.5 Å². The maximum atomic E-state index is 13.5. The number of hydrogen-bond donors (Lipinski definition) is 1. The Morgan fingerprint density at radius 2 is 1.87 bits per heavy atom. The maximum Gasteiger partial charge on any atom is 0.350 e. The van der Waals surface area contributed by atoms with E-state index in [1.165, 1.54) is 11.0 Å². The van der Waals surface area contributed by atoms with Crippen LogP contribution in [0.3, 0.4) is 0 Å². The summed E-state index contributed by atoms with van der Waals surface area (Å²) in [7, 11) is 0. The fourth-order valence-corrected chi connectivity index (χ4v) is 5.31. The number of nitrogens with zero attached hydrogens (tertiary/aromatic N) is 2. The third kappa shape index (κ3) is 5.49. The Labute approximate surface area is 231 Å². The van der Waals surface area contributed by atoms with Gasteiger partial charge < -0.3 is 14.6 Å². The zero-order valence-corrected chi connectivity index (χ0v) is 23.1. The lowest BCUT2D eigenvalue weighted by Crippen LogP contribution is -2.29. The summed E-state index contributed by atoms with van der Waals surface area (Å²) in [6.07, 6.45) is 2.31. The smallest absolute Gasteiger partial charge is 0.350 e. The van der Waals surface area contributed by atoms with Crippen LogP contribution in [0.15, 0.2) is 60.7 Å². The standard InChI is InChI=1S/C30H30N2O6S/c1-6-14-37-21-12-13-22(18(4)16-21)25(33)23-24(20-10-8-17(3)9-11-20)32(28(35)26(23)34)30-31-19(5)27(39-30)29(36)38-15-7-2/h7-13,16,24,33H,2,6,14-15H2,1,3-5H3. The molecule has 39 heavy (non-hydrogen) atoms. The van der Waals surface area contributed by atoms with E-state index in [0.29, 0.717) is 34.7 Å². The third-order valence-corrected chi connectivity index (χ3v) is 7.41. The molecular formula is C30H30N2O6S. The first kappa shape index (κ1) is 27.8. The van der Waals surface area contributed by atoms with Crippen molar-refractivity contribution in [3.63, 3.8) is 0 Å². The summed E-state index contributed by atoms with van der Waals surface area (Å²) in [5.41, 5.74) is 3.02. The Morgan fingerprint density at radius 3 is 2.51 bits per heavy atom. The van der Waals surface area contributed by atoms with E-state index in [-0.39, 0.29) is 27.9 Å². The molecule has 1 aromatic heterocycles. The molecule has 9 heteroatoms. The van der Waals surface area contributed by atoms with Crippen LogP contribution in [0, 0.1) is 20.8 Å². The molecule has 1 saturated heterocycles. The second kappa shape index (κ2) is 11.7. The molecule has 2 heterocycles. The first-order valence-corrected chi connectivity index (χ1v) is 13.4. The Morgan fingerprint density at radius 1 is 1.15 bits per heavy atom. The van der Waals surface area contributed by atoms with Crippen molar-refractivity contribution in [3.8, 4) is 5.75 Å². The van der Waals surface area contributed by atoms with Gasteiger partial charge in [-0.05, 0) is 56.5 Å². The fraction of sp³-hybridized carbons (Fsp3) is 0.267. The van der Waals surface area contributed by atoms with Crippen LogP contribution in [0.5, 0.6) is 5.75 Å². The predicted octanol–water partition coefficient (Wildman–Crippen LogP) is 5.83. The number of aryl methyl sites for hydroxylation is 3. The van der Waals surface area contributed by atoms with Crippen LogP contribution in [0.25, 0.3) is 5.76 Å². The second-order valence-electron chi connectivity index (χ2n) is 9.20. The average molecular weight is 547 g/mol. The molecule has 0 bridgehead atoms. The minimum Gasteiger partial charge on any atom is -0.507 e. The van der Waals surface area contributed by atoms with Crippen LogP contribution in [0.1, 0.15) is 57.0 Å². The van der Waals surface area contributed by atoms with Crippen molar-refractivity contribution in [1.29, 1.82) is 0 Å². The number of benzene rings is 2. The van der Waals surface area contributed by atoms with E-state index in [1.54, 1.807) is 44.2 Å². The molecule has 0 spiro atoms. The molecule has 1 N–H and O–H groups in total. The minimum atomic E-state index is -0.955. The van der Waals surface area contributed by atoms with Crippen molar-refractivity contribution >= 4 is 39.9 Å². The molecule has 1 fully saturated rings. The first-order chi connectivity index (χ1) is 18.7. The number of rotatable bonds is 9. The van der Waals surface area contributed by atoms with Crippen LogP contribution >= 0.6 is 11.3 Å². The van der Waals surface area contributed by atoms with Gasteiger partial charge in [0.05, 0.1) is 23.9 Å². The number of esters is 1. The number of aromatic nitrogens is 1. The summed E-state index contributed by atoms with van der Waals surface area (Å²) in [5.74, 6) is -1.93. The maximum absolute atomic E-state index is 13.5. The largest absolute Gasteiger partial charge is 0.507 e. The zero-order chi connectivity index (χ0) is 28.3. The van der Waals surface area contributed by atoms with E-state index in [2.05, 4.69) is 11.6 Å². The molecule has 0 saturated carbocycles. The normalized spacial score (nSPS) is 16.4. The number of ketones is 1. The molecule has 0 radical (unpaired) electrons. The van der Waals surface area contributed by atoms with Gasteiger partial charge in [0.25, 0.3) is 5.78 Å². The first-order valence-electron chi connectivity index (χ1n) is 12.5. The van der Waals surface area contributed by atoms with E-state index in [0.717, 1.165) is 23.3 Å². The Bertz CT molecular complexity index is 1470.